The second kappa shape index (κ2) is 5.61. The van der Waals surface area contributed by atoms with Gasteiger partial charge in [-0.3, -0.25) is 4.90 Å². The molecule has 2 rings (SSSR count). The predicted molar refractivity (Wildman–Crippen MR) is 75.7 cm³/mol. The van der Waals surface area contributed by atoms with E-state index in [4.69, 9.17) is 10.5 Å². The molecule has 0 spiro atoms. The van der Waals surface area contributed by atoms with Crippen LogP contribution in [0.2, 0.25) is 0 Å². The van der Waals surface area contributed by atoms with E-state index in [0.717, 1.165) is 23.9 Å². The third-order valence-electron chi connectivity index (χ3n) is 3.96. The summed E-state index contributed by atoms with van der Waals surface area (Å²) < 4.78 is 5.19. The van der Waals surface area contributed by atoms with Crippen molar-refractivity contribution in [1.82, 2.24) is 4.90 Å². The zero-order valence-electron chi connectivity index (χ0n) is 11.6. The molecule has 1 aliphatic rings. The predicted octanol–water partition coefficient (Wildman–Crippen LogP) is 2.90. The van der Waals surface area contributed by atoms with E-state index >= 15 is 0 Å². The Kier molecular flexibility index (Phi) is 4.12. The maximum absolute atomic E-state index is 5.95. The van der Waals surface area contributed by atoms with E-state index < -0.39 is 0 Å². The van der Waals surface area contributed by atoms with E-state index in [2.05, 4.69) is 24.8 Å². The molecule has 1 aromatic rings. The number of nitrogens with zero attached hydrogens (tertiary/aromatic N) is 1. The van der Waals surface area contributed by atoms with Gasteiger partial charge in [0.05, 0.1) is 12.8 Å². The van der Waals surface area contributed by atoms with Crippen LogP contribution in [0.5, 0.6) is 5.75 Å². The Morgan fingerprint density at radius 2 is 2.17 bits per heavy atom. The van der Waals surface area contributed by atoms with Crippen molar-refractivity contribution in [2.24, 2.45) is 5.92 Å². The molecule has 0 aliphatic carbocycles. The van der Waals surface area contributed by atoms with Gasteiger partial charge in [0, 0.05) is 12.6 Å². The van der Waals surface area contributed by atoms with Crippen molar-refractivity contribution in [1.29, 1.82) is 0 Å². The van der Waals surface area contributed by atoms with E-state index in [9.17, 15) is 0 Å². The number of hydrogen-bond acceptors (Lipinski definition) is 3. The average Bonchev–Trinajstić information content (AvgIpc) is 2.33. The Morgan fingerprint density at radius 3 is 2.78 bits per heavy atom. The highest BCUT2D eigenvalue weighted by Gasteiger charge is 2.22. The minimum Gasteiger partial charge on any atom is -0.495 e. The van der Waals surface area contributed by atoms with Crippen LogP contribution in [0.3, 0.4) is 0 Å². The quantitative estimate of drug-likeness (QED) is 0.836. The van der Waals surface area contributed by atoms with Crippen molar-refractivity contribution in [3.05, 3.63) is 23.8 Å². The highest BCUT2D eigenvalue weighted by Crippen LogP contribution is 2.26. The van der Waals surface area contributed by atoms with Crippen molar-refractivity contribution in [2.45, 2.75) is 39.3 Å². The molecule has 1 saturated heterocycles. The van der Waals surface area contributed by atoms with Gasteiger partial charge in [0.1, 0.15) is 5.75 Å². The number of likely N-dealkylation sites (tertiary alicyclic amines) is 1. The van der Waals surface area contributed by atoms with Crippen LogP contribution in [0.4, 0.5) is 5.69 Å². The fourth-order valence-electron chi connectivity index (χ4n) is 2.81. The van der Waals surface area contributed by atoms with Crippen molar-refractivity contribution in [3.8, 4) is 5.75 Å². The lowest BCUT2D eigenvalue weighted by molar-refractivity contribution is 0.122. The van der Waals surface area contributed by atoms with E-state index in [1.54, 1.807) is 7.11 Å². The van der Waals surface area contributed by atoms with Crippen LogP contribution in [0, 0.1) is 5.92 Å². The van der Waals surface area contributed by atoms with Crippen LogP contribution >= 0.6 is 0 Å². The van der Waals surface area contributed by atoms with Crippen LogP contribution < -0.4 is 10.5 Å². The molecule has 1 heterocycles. The number of hydrogen-bond donors (Lipinski definition) is 1. The molecule has 1 aliphatic heterocycles. The van der Waals surface area contributed by atoms with Gasteiger partial charge in [0.15, 0.2) is 0 Å². The summed E-state index contributed by atoms with van der Waals surface area (Å²) in [4.78, 5) is 2.54. The highest BCUT2D eigenvalue weighted by molar-refractivity contribution is 5.54. The summed E-state index contributed by atoms with van der Waals surface area (Å²) in [6.45, 7) is 6.85. The molecule has 0 amide bonds. The first-order chi connectivity index (χ1) is 8.60. The second-order valence-electron chi connectivity index (χ2n) is 5.53. The van der Waals surface area contributed by atoms with Crippen molar-refractivity contribution >= 4 is 5.69 Å². The van der Waals surface area contributed by atoms with Gasteiger partial charge in [-0.05, 0) is 49.9 Å². The molecule has 3 nitrogen and oxygen atoms in total. The number of nitrogens with two attached hydrogens (primary N) is 1. The number of piperidine rings is 1. The SMILES string of the molecule is COc1ccc(CN2CCC(C)CC2C)cc1N. The monoisotopic (exact) mass is 248 g/mol. The summed E-state index contributed by atoms with van der Waals surface area (Å²) in [5.41, 5.74) is 7.95. The zero-order valence-corrected chi connectivity index (χ0v) is 11.6. The van der Waals surface area contributed by atoms with Gasteiger partial charge in [-0.15, -0.1) is 0 Å². The maximum atomic E-state index is 5.95. The molecule has 0 bridgehead atoms. The fourth-order valence-corrected chi connectivity index (χ4v) is 2.81. The van der Waals surface area contributed by atoms with Gasteiger partial charge >= 0.3 is 0 Å². The van der Waals surface area contributed by atoms with Crippen molar-refractivity contribution in [2.75, 3.05) is 19.4 Å². The normalized spacial score (nSPS) is 25.1. The number of ether oxygens (including phenoxy) is 1. The van der Waals surface area contributed by atoms with E-state index in [-0.39, 0.29) is 0 Å². The van der Waals surface area contributed by atoms with Crippen LogP contribution in [0.15, 0.2) is 18.2 Å². The Labute approximate surface area is 110 Å². The lowest BCUT2D eigenvalue weighted by Gasteiger charge is -2.36. The molecule has 0 radical (unpaired) electrons. The van der Waals surface area contributed by atoms with Gasteiger partial charge in [-0.2, -0.15) is 0 Å². The number of rotatable bonds is 3. The zero-order chi connectivity index (χ0) is 13.1. The topological polar surface area (TPSA) is 38.5 Å². The molecule has 2 atom stereocenters. The largest absolute Gasteiger partial charge is 0.495 e. The minimum atomic E-state index is 0.664. The summed E-state index contributed by atoms with van der Waals surface area (Å²) in [5.74, 6) is 1.62. The number of anilines is 1. The Bertz CT molecular complexity index is 405. The summed E-state index contributed by atoms with van der Waals surface area (Å²) in [6, 6.07) is 6.77. The lowest BCUT2D eigenvalue weighted by atomic mass is 9.93. The second-order valence-corrected chi connectivity index (χ2v) is 5.53. The van der Waals surface area contributed by atoms with Gasteiger partial charge in [0.2, 0.25) is 0 Å². The Hall–Kier alpha value is -1.22. The molecule has 2 N–H and O–H groups in total. The third-order valence-corrected chi connectivity index (χ3v) is 3.96. The van der Waals surface area contributed by atoms with Gasteiger partial charge in [-0.1, -0.05) is 13.0 Å². The van der Waals surface area contributed by atoms with Gasteiger partial charge < -0.3 is 10.5 Å². The molecular weight excluding hydrogens is 224 g/mol. The number of nitrogen functional groups attached to an aromatic ring is 1. The smallest absolute Gasteiger partial charge is 0.141 e. The lowest BCUT2D eigenvalue weighted by Crippen LogP contribution is -2.39. The molecule has 18 heavy (non-hydrogen) atoms. The molecule has 0 saturated carbocycles. The Balaban J connectivity index is 2.03. The maximum Gasteiger partial charge on any atom is 0.141 e. The molecular formula is C15H24N2O. The summed E-state index contributed by atoms with van der Waals surface area (Å²) >= 11 is 0. The summed E-state index contributed by atoms with van der Waals surface area (Å²) in [6.07, 6.45) is 2.60. The van der Waals surface area contributed by atoms with Gasteiger partial charge in [0.25, 0.3) is 0 Å². The molecule has 100 valence electrons. The van der Waals surface area contributed by atoms with Crippen molar-refractivity contribution in [3.63, 3.8) is 0 Å². The van der Waals surface area contributed by atoms with Crippen molar-refractivity contribution < 1.29 is 4.74 Å². The standard InChI is InChI=1S/C15H24N2O/c1-11-6-7-17(12(2)8-11)10-13-4-5-15(18-3)14(16)9-13/h4-5,9,11-12H,6-8,10,16H2,1-3H3. The minimum absolute atomic E-state index is 0.664. The molecule has 1 aromatic carbocycles. The van der Waals surface area contributed by atoms with Crippen LogP contribution in [-0.4, -0.2) is 24.6 Å². The van der Waals surface area contributed by atoms with Crippen LogP contribution in [-0.2, 0) is 6.54 Å². The molecule has 3 heteroatoms. The van der Waals surface area contributed by atoms with E-state index in [1.165, 1.54) is 24.9 Å². The van der Waals surface area contributed by atoms with E-state index in [1.807, 2.05) is 12.1 Å². The van der Waals surface area contributed by atoms with Gasteiger partial charge in [-0.25, -0.2) is 0 Å². The molecule has 0 aromatic heterocycles. The first kappa shape index (κ1) is 13.2. The number of methoxy groups -OCH3 is 1. The molecule has 2 unspecified atom stereocenters. The third kappa shape index (κ3) is 2.96. The summed E-state index contributed by atoms with van der Waals surface area (Å²) in [5, 5.41) is 0. The highest BCUT2D eigenvalue weighted by atomic mass is 16.5. The first-order valence-electron chi connectivity index (χ1n) is 6.76. The summed E-state index contributed by atoms with van der Waals surface area (Å²) in [7, 11) is 1.65. The Morgan fingerprint density at radius 1 is 1.39 bits per heavy atom. The number of benzene rings is 1. The fraction of sp³-hybridized carbons (Fsp3) is 0.600. The van der Waals surface area contributed by atoms with Crippen LogP contribution in [0.25, 0.3) is 0 Å². The van der Waals surface area contributed by atoms with E-state index in [0.29, 0.717) is 6.04 Å². The molecule has 1 fully saturated rings. The van der Waals surface area contributed by atoms with Crippen LogP contribution in [0.1, 0.15) is 32.3 Å². The first-order valence-corrected chi connectivity index (χ1v) is 6.76. The average molecular weight is 248 g/mol.